The molecule has 0 radical (unpaired) electrons. The summed E-state index contributed by atoms with van der Waals surface area (Å²) in [6, 6.07) is 11.3. The molecule has 6 aliphatic rings. The van der Waals surface area contributed by atoms with Crippen LogP contribution in [0.15, 0.2) is 36.4 Å². The number of esters is 2. The van der Waals surface area contributed by atoms with Crippen LogP contribution in [0.2, 0.25) is 0 Å². The zero-order valence-corrected chi connectivity index (χ0v) is 29.0. The summed E-state index contributed by atoms with van der Waals surface area (Å²) in [6.07, 6.45) is 0.499. The lowest BCUT2D eigenvalue weighted by molar-refractivity contribution is -0.149. The molecule has 6 aliphatic heterocycles. The van der Waals surface area contributed by atoms with E-state index in [0.29, 0.717) is 58.4 Å². The first-order chi connectivity index (χ1) is 24.2. The molecule has 2 fully saturated rings. The predicted octanol–water partition coefficient (Wildman–Crippen LogP) is 4.05. The van der Waals surface area contributed by atoms with E-state index < -0.39 is 47.4 Å². The minimum Gasteiger partial charge on any atom is -0.504 e. The normalized spacial score (nSPS) is 27.7. The lowest BCUT2D eigenvalue weighted by Crippen LogP contribution is -2.69. The first kappa shape index (κ1) is 32.7. The van der Waals surface area contributed by atoms with Gasteiger partial charge in [-0.1, -0.05) is 36.4 Å². The molecule has 260 valence electrons. The minimum atomic E-state index is -0.665. The van der Waals surface area contributed by atoms with Crippen LogP contribution in [0.4, 0.5) is 0 Å². The number of nitriles is 1. The van der Waals surface area contributed by atoms with Crippen LogP contribution in [0.1, 0.15) is 63.2 Å². The highest BCUT2D eigenvalue weighted by Crippen LogP contribution is 2.62. The molecule has 0 aromatic heterocycles. The van der Waals surface area contributed by atoms with Gasteiger partial charge in [-0.2, -0.15) is 5.26 Å². The molecule has 1 unspecified atom stereocenters. The third-order valence-corrected chi connectivity index (χ3v) is 11.9. The van der Waals surface area contributed by atoms with Crippen LogP contribution in [0, 0.1) is 25.2 Å². The molecule has 9 rings (SSSR count). The molecule has 4 bridgehead atoms. The summed E-state index contributed by atoms with van der Waals surface area (Å²) in [6.45, 7) is 5.45. The van der Waals surface area contributed by atoms with Crippen molar-refractivity contribution in [3.8, 4) is 34.8 Å². The van der Waals surface area contributed by atoms with Crippen molar-refractivity contribution < 1.29 is 38.4 Å². The maximum absolute atomic E-state index is 13.8. The number of ether oxygens (including phenoxy) is 5. The van der Waals surface area contributed by atoms with Crippen LogP contribution in [0.25, 0.3) is 0 Å². The van der Waals surface area contributed by atoms with Gasteiger partial charge in [-0.25, -0.2) is 0 Å². The van der Waals surface area contributed by atoms with E-state index in [0.717, 1.165) is 22.3 Å². The largest absolute Gasteiger partial charge is 0.504 e. The van der Waals surface area contributed by atoms with E-state index in [1.807, 2.05) is 50.2 Å². The van der Waals surface area contributed by atoms with Crippen LogP contribution in [-0.2, 0) is 27.3 Å². The number of nitrogens with zero attached hydrogens (tertiary/aromatic N) is 2. The second-order valence-corrected chi connectivity index (χ2v) is 14.5. The second-order valence-electron chi connectivity index (χ2n) is 13.4. The van der Waals surface area contributed by atoms with Gasteiger partial charge in [0.2, 0.25) is 6.79 Å². The van der Waals surface area contributed by atoms with Crippen LogP contribution in [0.3, 0.4) is 0 Å². The van der Waals surface area contributed by atoms with Gasteiger partial charge in [0.15, 0.2) is 23.0 Å². The van der Waals surface area contributed by atoms with Gasteiger partial charge in [0.25, 0.3) is 0 Å². The molecule has 50 heavy (non-hydrogen) atoms. The number of aryl methyl sites for hydroxylation is 1. The molecular formula is C37H38N4O8S. The number of phenolic OH excluding ortho intramolecular Hbond substituents is 1. The zero-order valence-electron chi connectivity index (χ0n) is 28.1. The van der Waals surface area contributed by atoms with E-state index in [-0.39, 0.29) is 25.2 Å². The molecule has 2 saturated heterocycles. The van der Waals surface area contributed by atoms with Crippen molar-refractivity contribution in [3.05, 3.63) is 75.3 Å². The lowest BCUT2D eigenvalue weighted by atomic mass is 9.72. The number of hydrogen-bond acceptors (Lipinski definition) is 13. The molecule has 7 atom stereocenters. The van der Waals surface area contributed by atoms with Gasteiger partial charge in [-0.3, -0.25) is 19.8 Å². The fourth-order valence-corrected chi connectivity index (χ4v) is 10.1. The number of hydrogen-bond donors (Lipinski definition) is 3. The topological polar surface area (TPSA) is 152 Å². The molecule has 0 spiro atoms. The second kappa shape index (κ2) is 12.7. The smallest absolute Gasteiger partial charge is 0.324 e. The average molecular weight is 699 g/mol. The molecule has 6 heterocycles. The van der Waals surface area contributed by atoms with Crippen molar-refractivity contribution in [2.75, 3.05) is 26.3 Å². The molecular weight excluding hydrogens is 660 g/mol. The van der Waals surface area contributed by atoms with Gasteiger partial charge >= 0.3 is 11.9 Å². The van der Waals surface area contributed by atoms with Crippen LogP contribution in [-0.4, -0.2) is 72.4 Å². The lowest BCUT2D eigenvalue weighted by Gasteiger charge is -2.59. The third-order valence-electron chi connectivity index (χ3n) is 10.5. The third kappa shape index (κ3) is 5.07. The molecule has 3 aromatic carbocycles. The Bertz CT molecular complexity index is 1930. The van der Waals surface area contributed by atoms with E-state index in [2.05, 4.69) is 21.6 Å². The number of phenols is 1. The summed E-state index contributed by atoms with van der Waals surface area (Å²) in [5.74, 6) is 1.21. The Morgan fingerprint density at radius 3 is 2.66 bits per heavy atom. The number of thioether (sulfide) groups is 1. The van der Waals surface area contributed by atoms with Crippen molar-refractivity contribution in [2.24, 2.45) is 0 Å². The number of benzene rings is 3. The number of nitrogens with one attached hydrogen (secondary N) is 2. The van der Waals surface area contributed by atoms with Gasteiger partial charge < -0.3 is 34.1 Å². The van der Waals surface area contributed by atoms with Crippen LogP contribution >= 0.6 is 11.8 Å². The number of carbonyl (C=O) groups excluding carboxylic acids is 2. The number of fused-ring (bicyclic) bond motifs is 10. The van der Waals surface area contributed by atoms with Crippen molar-refractivity contribution >= 4 is 23.7 Å². The summed E-state index contributed by atoms with van der Waals surface area (Å²) < 4.78 is 30.0. The van der Waals surface area contributed by atoms with E-state index in [9.17, 15) is 20.0 Å². The molecule has 12 nitrogen and oxygen atoms in total. The Hall–Kier alpha value is -4.48. The zero-order chi connectivity index (χ0) is 34.8. The summed E-state index contributed by atoms with van der Waals surface area (Å²) in [5, 5.41) is 29.3. The summed E-state index contributed by atoms with van der Waals surface area (Å²) >= 11 is 1.52. The highest BCUT2D eigenvalue weighted by Gasteiger charge is 2.59. The van der Waals surface area contributed by atoms with Gasteiger partial charge in [-0.05, 0) is 37.0 Å². The number of piperazine rings is 1. The van der Waals surface area contributed by atoms with Gasteiger partial charge in [-0.15, -0.1) is 11.8 Å². The van der Waals surface area contributed by atoms with E-state index in [1.165, 1.54) is 25.8 Å². The summed E-state index contributed by atoms with van der Waals surface area (Å²) in [7, 11) is 1.54. The van der Waals surface area contributed by atoms with Crippen molar-refractivity contribution in [2.45, 2.75) is 75.2 Å². The Balaban J connectivity index is 1.34. The molecule has 3 N–H and O–H groups in total. The standard InChI is InChI=1S/C37H38N4O8S/c1-17-10-21-11-22-24(12-38)41-25-14-46-37(44)23(39-13-20-8-6-5-7-9-20)15-50-36(30(41)29(40-22)26(21)31(43)32(17)45-4)28-27(25)35-34(47-16-48-35)18(2)33(28)49-19(3)42/h5-10,22-25,29-30,36,39-40,43H,11,13-16H2,1-4H3/t22-,23-,24-,25-,29+,30?,36+/m0/s1. The Morgan fingerprint density at radius 1 is 1.14 bits per heavy atom. The highest BCUT2D eigenvalue weighted by atomic mass is 32.2. The Labute approximate surface area is 294 Å². The number of aromatic hydroxyl groups is 1. The first-order valence-electron chi connectivity index (χ1n) is 16.7. The van der Waals surface area contributed by atoms with E-state index in [4.69, 9.17) is 23.7 Å². The Kier molecular flexibility index (Phi) is 8.30. The molecule has 0 amide bonds. The fourth-order valence-electron chi connectivity index (χ4n) is 8.55. The number of carbonyl (C=O) groups is 2. The maximum atomic E-state index is 13.8. The Morgan fingerprint density at radius 2 is 1.92 bits per heavy atom. The van der Waals surface area contributed by atoms with Crippen molar-refractivity contribution in [1.82, 2.24) is 15.5 Å². The van der Waals surface area contributed by atoms with Crippen molar-refractivity contribution in [3.63, 3.8) is 0 Å². The molecule has 0 saturated carbocycles. The quantitative estimate of drug-likeness (QED) is 0.260. The number of methoxy groups -OCH3 is 1. The summed E-state index contributed by atoms with van der Waals surface area (Å²) in [5.41, 5.74) is 5.54. The monoisotopic (exact) mass is 698 g/mol. The fraction of sp³-hybridized carbons (Fsp3) is 0.432. The van der Waals surface area contributed by atoms with Gasteiger partial charge in [0.1, 0.15) is 24.4 Å². The molecule has 0 aliphatic carbocycles. The van der Waals surface area contributed by atoms with E-state index >= 15 is 0 Å². The average Bonchev–Trinajstić information content (AvgIpc) is 3.60. The van der Waals surface area contributed by atoms with Crippen LogP contribution < -0.4 is 29.6 Å². The maximum Gasteiger partial charge on any atom is 0.324 e. The molecule has 13 heteroatoms. The molecule has 3 aromatic rings. The number of rotatable bonds is 5. The SMILES string of the molecule is COc1c(C)cc2c(c1O)[C@H]1N[C@@H](C2)[C@H](C#N)N2C1[C@@H]1SC[C@H](NCc3ccccc3)C(=O)OC[C@H]2c2c3c(c(C)c(OC(C)=O)c21)OCO3. The van der Waals surface area contributed by atoms with Crippen LogP contribution in [0.5, 0.6) is 28.7 Å². The summed E-state index contributed by atoms with van der Waals surface area (Å²) in [4.78, 5) is 28.7. The highest BCUT2D eigenvalue weighted by molar-refractivity contribution is 7.99. The van der Waals surface area contributed by atoms with Crippen molar-refractivity contribution in [1.29, 1.82) is 5.26 Å². The minimum absolute atomic E-state index is 0.0275. The predicted molar refractivity (Wildman–Crippen MR) is 182 cm³/mol. The van der Waals surface area contributed by atoms with Gasteiger partial charge in [0.05, 0.1) is 30.5 Å². The van der Waals surface area contributed by atoms with E-state index in [1.54, 1.807) is 0 Å². The van der Waals surface area contributed by atoms with Gasteiger partial charge in [0, 0.05) is 53.6 Å². The first-order valence-corrected chi connectivity index (χ1v) is 17.8.